The van der Waals surface area contributed by atoms with Gasteiger partial charge < -0.3 is 4.90 Å². The quantitative estimate of drug-likeness (QED) is 0.775. The Morgan fingerprint density at radius 1 is 1.44 bits per heavy atom. The smallest absolute Gasteiger partial charge is 0.151 e. The highest BCUT2D eigenvalue weighted by atomic mass is 32.1. The Hall–Kier alpha value is -1.68. The molecule has 0 N–H and O–H groups in total. The van der Waals surface area contributed by atoms with Crippen LogP contribution in [0.3, 0.4) is 0 Å². The van der Waals surface area contributed by atoms with Crippen molar-refractivity contribution >= 4 is 23.4 Å². The van der Waals surface area contributed by atoms with E-state index in [2.05, 4.69) is 34.3 Å². The van der Waals surface area contributed by atoms with Gasteiger partial charge in [-0.1, -0.05) is 6.07 Å². The third-order valence-electron chi connectivity index (χ3n) is 3.01. The van der Waals surface area contributed by atoms with Crippen LogP contribution in [0.2, 0.25) is 0 Å². The lowest BCUT2D eigenvalue weighted by Crippen LogP contribution is -2.31. The number of nitrogens with zero attached hydrogens (tertiary/aromatic N) is 2. The second-order valence-electron chi connectivity index (χ2n) is 4.31. The normalized spacial score (nSPS) is 12.1. The lowest BCUT2D eigenvalue weighted by atomic mass is 10.2. The van der Waals surface area contributed by atoms with Crippen LogP contribution in [0.1, 0.15) is 22.2 Å². The molecule has 0 saturated carbocycles. The summed E-state index contributed by atoms with van der Waals surface area (Å²) in [7, 11) is 2.03. The van der Waals surface area contributed by atoms with Gasteiger partial charge in [-0.25, -0.2) is 4.98 Å². The van der Waals surface area contributed by atoms with E-state index in [1.54, 1.807) is 23.6 Å². The van der Waals surface area contributed by atoms with E-state index in [0.717, 1.165) is 18.5 Å². The van der Waals surface area contributed by atoms with Crippen LogP contribution in [0, 0.1) is 0 Å². The summed E-state index contributed by atoms with van der Waals surface area (Å²) >= 11 is 1.78. The van der Waals surface area contributed by atoms with E-state index in [1.165, 1.54) is 4.88 Å². The van der Waals surface area contributed by atoms with E-state index in [4.69, 9.17) is 0 Å². The predicted octanol–water partition coefficient (Wildman–Crippen LogP) is 3.02. The van der Waals surface area contributed by atoms with E-state index in [0.29, 0.717) is 11.6 Å². The Morgan fingerprint density at radius 3 is 2.83 bits per heavy atom. The SMILES string of the molecule is CC(Cc1cccs1)N(C)c1ccc(C=O)cn1. The monoisotopic (exact) mass is 260 g/mol. The summed E-state index contributed by atoms with van der Waals surface area (Å²) in [4.78, 5) is 18.4. The largest absolute Gasteiger partial charge is 0.357 e. The fraction of sp³-hybridized carbons (Fsp3) is 0.286. The van der Waals surface area contributed by atoms with Crippen LogP contribution in [0.4, 0.5) is 5.82 Å². The van der Waals surface area contributed by atoms with Gasteiger partial charge in [0.2, 0.25) is 0 Å². The Kier molecular flexibility index (Phi) is 4.10. The molecule has 0 aromatic carbocycles. The predicted molar refractivity (Wildman–Crippen MR) is 75.5 cm³/mol. The van der Waals surface area contributed by atoms with Gasteiger partial charge in [-0.05, 0) is 30.5 Å². The molecule has 0 bridgehead atoms. The van der Waals surface area contributed by atoms with Crippen LogP contribution < -0.4 is 4.90 Å². The molecule has 0 aliphatic rings. The van der Waals surface area contributed by atoms with Crippen molar-refractivity contribution in [2.75, 3.05) is 11.9 Å². The van der Waals surface area contributed by atoms with Crippen molar-refractivity contribution in [3.05, 3.63) is 46.3 Å². The van der Waals surface area contributed by atoms with Crippen LogP contribution in [0.15, 0.2) is 35.8 Å². The second-order valence-corrected chi connectivity index (χ2v) is 5.34. The van der Waals surface area contributed by atoms with Gasteiger partial charge in [-0.15, -0.1) is 11.3 Å². The molecule has 0 spiro atoms. The summed E-state index contributed by atoms with van der Waals surface area (Å²) in [6.45, 7) is 2.18. The lowest BCUT2D eigenvalue weighted by Gasteiger charge is -2.25. The van der Waals surface area contributed by atoms with Gasteiger partial charge in [0.1, 0.15) is 5.82 Å². The van der Waals surface area contributed by atoms with Crippen molar-refractivity contribution in [2.45, 2.75) is 19.4 Å². The molecule has 4 heteroatoms. The molecule has 1 unspecified atom stereocenters. The van der Waals surface area contributed by atoms with Gasteiger partial charge in [0.05, 0.1) is 0 Å². The Labute approximate surface area is 111 Å². The summed E-state index contributed by atoms with van der Waals surface area (Å²) in [6.07, 6.45) is 3.42. The van der Waals surface area contributed by atoms with Crippen LogP contribution >= 0.6 is 11.3 Å². The molecule has 0 aliphatic carbocycles. The number of anilines is 1. The first-order chi connectivity index (χ1) is 8.70. The minimum atomic E-state index is 0.373. The zero-order valence-corrected chi connectivity index (χ0v) is 11.4. The summed E-state index contributed by atoms with van der Waals surface area (Å²) in [5.74, 6) is 0.893. The Balaban J connectivity index is 2.04. The van der Waals surface area contributed by atoms with Gasteiger partial charge in [0, 0.05) is 36.1 Å². The molecule has 2 aromatic rings. The number of carbonyl (C=O) groups excluding carboxylic acids is 1. The molecule has 0 aliphatic heterocycles. The van der Waals surface area contributed by atoms with Gasteiger partial charge >= 0.3 is 0 Å². The fourth-order valence-electron chi connectivity index (χ4n) is 1.76. The maximum Gasteiger partial charge on any atom is 0.151 e. The third-order valence-corrected chi connectivity index (χ3v) is 3.90. The molecule has 2 heterocycles. The third kappa shape index (κ3) is 2.96. The highest BCUT2D eigenvalue weighted by molar-refractivity contribution is 7.09. The van der Waals surface area contributed by atoms with Crippen molar-refractivity contribution in [1.82, 2.24) is 4.98 Å². The summed E-state index contributed by atoms with van der Waals surface area (Å²) in [6, 6.07) is 8.28. The second kappa shape index (κ2) is 5.78. The zero-order chi connectivity index (χ0) is 13.0. The number of rotatable bonds is 5. The van der Waals surface area contributed by atoms with Crippen LogP contribution in [-0.4, -0.2) is 24.4 Å². The van der Waals surface area contributed by atoms with E-state index in [9.17, 15) is 4.79 Å². The zero-order valence-electron chi connectivity index (χ0n) is 10.5. The number of hydrogen-bond donors (Lipinski definition) is 0. The summed E-state index contributed by atoms with van der Waals surface area (Å²) in [5.41, 5.74) is 0.609. The Morgan fingerprint density at radius 2 is 2.28 bits per heavy atom. The number of aldehydes is 1. The van der Waals surface area contributed by atoms with Crippen LogP contribution in [0.25, 0.3) is 0 Å². The van der Waals surface area contributed by atoms with E-state index >= 15 is 0 Å². The molecule has 0 radical (unpaired) electrons. The van der Waals surface area contributed by atoms with Gasteiger partial charge in [-0.2, -0.15) is 0 Å². The first-order valence-corrected chi connectivity index (χ1v) is 6.75. The summed E-state index contributed by atoms with van der Waals surface area (Å²) < 4.78 is 0. The molecule has 18 heavy (non-hydrogen) atoms. The average molecular weight is 260 g/mol. The molecule has 2 aromatic heterocycles. The minimum absolute atomic E-state index is 0.373. The Bertz CT molecular complexity index is 493. The molecule has 1 atom stereocenters. The molecular weight excluding hydrogens is 244 g/mol. The maximum atomic E-state index is 10.6. The number of thiophene rings is 1. The molecule has 0 saturated heterocycles. The number of hydrogen-bond acceptors (Lipinski definition) is 4. The standard InChI is InChI=1S/C14H16N2OS/c1-11(8-13-4-3-7-18-13)16(2)14-6-5-12(10-17)9-15-14/h3-7,9-11H,8H2,1-2H3. The molecule has 0 amide bonds. The molecular formula is C14H16N2OS. The number of aromatic nitrogens is 1. The first kappa shape index (κ1) is 12.8. The number of carbonyl (C=O) groups is 1. The van der Waals surface area contributed by atoms with E-state index < -0.39 is 0 Å². The van der Waals surface area contributed by atoms with Crippen LogP contribution in [-0.2, 0) is 6.42 Å². The molecule has 3 nitrogen and oxygen atoms in total. The highest BCUT2D eigenvalue weighted by Crippen LogP contribution is 2.17. The molecule has 2 rings (SSSR count). The van der Waals surface area contributed by atoms with E-state index in [1.807, 2.05) is 13.1 Å². The van der Waals surface area contributed by atoms with E-state index in [-0.39, 0.29) is 0 Å². The van der Waals surface area contributed by atoms with Crippen molar-refractivity contribution in [3.8, 4) is 0 Å². The highest BCUT2D eigenvalue weighted by Gasteiger charge is 2.12. The van der Waals surface area contributed by atoms with Gasteiger partial charge in [0.25, 0.3) is 0 Å². The van der Waals surface area contributed by atoms with Crippen molar-refractivity contribution < 1.29 is 4.79 Å². The van der Waals surface area contributed by atoms with Gasteiger partial charge in [-0.3, -0.25) is 4.79 Å². The first-order valence-electron chi connectivity index (χ1n) is 5.87. The number of pyridine rings is 1. The van der Waals surface area contributed by atoms with Crippen molar-refractivity contribution in [3.63, 3.8) is 0 Å². The lowest BCUT2D eigenvalue weighted by molar-refractivity contribution is 0.112. The number of likely N-dealkylation sites (N-methyl/N-ethyl adjacent to an activating group) is 1. The van der Waals surface area contributed by atoms with Crippen molar-refractivity contribution in [1.29, 1.82) is 0 Å². The minimum Gasteiger partial charge on any atom is -0.357 e. The van der Waals surface area contributed by atoms with Crippen molar-refractivity contribution in [2.24, 2.45) is 0 Å². The van der Waals surface area contributed by atoms with Gasteiger partial charge in [0.15, 0.2) is 6.29 Å². The fourth-order valence-corrected chi connectivity index (χ4v) is 2.58. The summed E-state index contributed by atoms with van der Waals surface area (Å²) in [5, 5.41) is 2.10. The molecule has 0 fully saturated rings. The van der Waals surface area contributed by atoms with Crippen LogP contribution in [0.5, 0.6) is 0 Å². The molecule has 94 valence electrons. The maximum absolute atomic E-state index is 10.6. The average Bonchev–Trinajstić information content (AvgIpc) is 2.91. The topological polar surface area (TPSA) is 33.2 Å².